The summed E-state index contributed by atoms with van der Waals surface area (Å²) < 4.78 is 13.5. The van der Waals surface area contributed by atoms with Crippen LogP contribution in [0.1, 0.15) is 11.3 Å². The minimum absolute atomic E-state index is 0.0523. The number of benzene rings is 1. The molecule has 0 spiro atoms. The second-order valence-electron chi connectivity index (χ2n) is 3.46. The summed E-state index contributed by atoms with van der Waals surface area (Å²) in [5.41, 5.74) is 1.32. The fourth-order valence-corrected chi connectivity index (χ4v) is 2.37. The van der Waals surface area contributed by atoms with Crippen LogP contribution in [0, 0.1) is 5.82 Å². The van der Waals surface area contributed by atoms with Crippen LogP contribution in [0.15, 0.2) is 22.7 Å². The molecule has 18 heavy (non-hydrogen) atoms. The number of hydrogen-bond acceptors (Lipinski definition) is 2. The molecule has 0 amide bonds. The van der Waals surface area contributed by atoms with Gasteiger partial charge in [-0.2, -0.15) is 0 Å². The molecule has 0 unspecified atom stereocenters. The normalized spacial score (nSPS) is 10.7. The molecule has 94 valence electrons. The minimum Gasteiger partial charge on any atom is -0.221 e. The van der Waals surface area contributed by atoms with Gasteiger partial charge in [0.25, 0.3) is 0 Å². The van der Waals surface area contributed by atoms with Crippen molar-refractivity contribution in [2.75, 3.05) is 0 Å². The second-order valence-corrected chi connectivity index (χ2v) is 5.35. The zero-order valence-electron chi connectivity index (χ0n) is 8.72. The Morgan fingerprint density at radius 1 is 1.17 bits per heavy atom. The molecule has 0 saturated heterocycles. The van der Waals surface area contributed by atoms with Gasteiger partial charge in [-0.05, 0) is 45.2 Å². The highest BCUT2D eigenvalue weighted by Crippen LogP contribution is 2.28. The van der Waals surface area contributed by atoms with Crippen LogP contribution in [-0.4, -0.2) is 9.97 Å². The number of rotatable bonds is 2. The number of aromatic nitrogens is 2. The third kappa shape index (κ3) is 3.12. The van der Waals surface area contributed by atoms with Gasteiger partial charge >= 0.3 is 0 Å². The molecule has 0 atom stereocenters. The van der Waals surface area contributed by atoms with E-state index in [1.165, 1.54) is 12.1 Å². The van der Waals surface area contributed by atoms with E-state index in [0.717, 1.165) is 5.56 Å². The summed E-state index contributed by atoms with van der Waals surface area (Å²) in [4.78, 5) is 7.85. The summed E-state index contributed by atoms with van der Waals surface area (Å²) in [5.74, 6) is -0.387. The largest absolute Gasteiger partial charge is 0.224 e. The maximum absolute atomic E-state index is 12.9. The number of nitrogens with zero attached hydrogens (tertiary/aromatic N) is 2. The maximum atomic E-state index is 12.9. The Morgan fingerprint density at radius 2 is 1.89 bits per heavy atom. The van der Waals surface area contributed by atoms with Gasteiger partial charge in [0.15, 0.2) is 0 Å². The summed E-state index contributed by atoms with van der Waals surface area (Å²) in [5, 5.41) is 0.604. The molecule has 7 heteroatoms. The quantitative estimate of drug-likeness (QED) is 0.553. The summed E-state index contributed by atoms with van der Waals surface area (Å²) >= 11 is 20.8. The molecular formula is C11H5BrCl3FN2. The van der Waals surface area contributed by atoms with Crippen molar-refractivity contribution in [1.29, 1.82) is 0 Å². The van der Waals surface area contributed by atoms with E-state index < -0.39 is 0 Å². The fourth-order valence-electron chi connectivity index (χ4n) is 1.40. The average Bonchev–Trinajstić information content (AvgIpc) is 2.29. The lowest BCUT2D eigenvalue weighted by atomic mass is 10.1. The summed E-state index contributed by atoms with van der Waals surface area (Å²) in [6, 6.07) is 4.17. The van der Waals surface area contributed by atoms with Crippen molar-refractivity contribution in [2.45, 2.75) is 6.42 Å². The molecule has 1 aromatic heterocycles. The molecule has 0 saturated carbocycles. The van der Waals surface area contributed by atoms with E-state index in [-0.39, 0.29) is 16.3 Å². The van der Waals surface area contributed by atoms with Gasteiger partial charge in [-0.1, -0.05) is 29.3 Å². The number of halogens is 5. The lowest BCUT2D eigenvalue weighted by Gasteiger charge is -2.07. The smallest absolute Gasteiger partial charge is 0.221 e. The van der Waals surface area contributed by atoms with E-state index in [4.69, 9.17) is 34.8 Å². The molecule has 0 aliphatic heterocycles. The molecule has 0 aliphatic carbocycles. The summed E-state index contributed by atoms with van der Waals surface area (Å²) in [6.45, 7) is 0. The van der Waals surface area contributed by atoms with Gasteiger partial charge < -0.3 is 0 Å². The molecule has 2 nitrogen and oxygen atoms in total. The Morgan fingerprint density at radius 3 is 2.56 bits per heavy atom. The molecule has 0 aliphatic rings. The maximum Gasteiger partial charge on any atom is 0.224 e. The van der Waals surface area contributed by atoms with E-state index in [9.17, 15) is 4.39 Å². The van der Waals surface area contributed by atoms with E-state index in [0.29, 0.717) is 21.6 Å². The molecular weight excluding hydrogens is 365 g/mol. The second kappa shape index (κ2) is 5.70. The van der Waals surface area contributed by atoms with Crippen LogP contribution < -0.4 is 0 Å². The van der Waals surface area contributed by atoms with Gasteiger partial charge in [-0.3, -0.25) is 0 Å². The highest BCUT2D eigenvalue weighted by molar-refractivity contribution is 9.10. The van der Waals surface area contributed by atoms with Crippen LogP contribution in [0.2, 0.25) is 15.5 Å². The molecule has 0 N–H and O–H groups in total. The Bertz CT molecular complexity index is 607. The van der Waals surface area contributed by atoms with Crippen LogP contribution in [0.5, 0.6) is 0 Å². The molecule has 2 aromatic rings. The lowest BCUT2D eigenvalue weighted by molar-refractivity contribution is 0.627. The predicted octanol–water partition coefficient (Wildman–Crippen LogP) is 4.93. The van der Waals surface area contributed by atoms with Crippen molar-refractivity contribution in [3.63, 3.8) is 0 Å². The molecule has 2 rings (SSSR count). The Hall–Kier alpha value is -0.420. The standard InChI is InChI=1S/C11H5BrCl3FN2/c12-9-8(17-11(15)18-10(9)14)3-5-1-2-6(16)4-7(5)13/h1-2,4H,3H2. The van der Waals surface area contributed by atoms with Crippen LogP contribution in [-0.2, 0) is 6.42 Å². The molecule has 1 aromatic carbocycles. The SMILES string of the molecule is Fc1ccc(Cc2nc(Cl)nc(Cl)c2Br)c(Cl)c1. The summed E-state index contributed by atoms with van der Waals surface area (Å²) in [7, 11) is 0. The van der Waals surface area contributed by atoms with Gasteiger partial charge in [-0.25, -0.2) is 14.4 Å². The monoisotopic (exact) mass is 368 g/mol. The topological polar surface area (TPSA) is 25.8 Å². The van der Waals surface area contributed by atoms with Crippen molar-refractivity contribution in [3.8, 4) is 0 Å². The van der Waals surface area contributed by atoms with Gasteiger partial charge in [0.05, 0.1) is 10.2 Å². The van der Waals surface area contributed by atoms with E-state index in [1.54, 1.807) is 6.07 Å². The van der Waals surface area contributed by atoms with Crippen LogP contribution in [0.4, 0.5) is 4.39 Å². The van der Waals surface area contributed by atoms with Crippen molar-refractivity contribution in [3.05, 3.63) is 55.2 Å². The van der Waals surface area contributed by atoms with Crippen LogP contribution in [0.3, 0.4) is 0 Å². The van der Waals surface area contributed by atoms with Crippen molar-refractivity contribution >= 4 is 50.7 Å². The van der Waals surface area contributed by atoms with Crippen molar-refractivity contribution in [2.24, 2.45) is 0 Å². The van der Waals surface area contributed by atoms with Crippen molar-refractivity contribution in [1.82, 2.24) is 9.97 Å². The lowest BCUT2D eigenvalue weighted by Crippen LogP contribution is -1.98. The van der Waals surface area contributed by atoms with Gasteiger partial charge in [0.2, 0.25) is 5.28 Å². The Balaban J connectivity index is 2.40. The highest BCUT2D eigenvalue weighted by Gasteiger charge is 2.12. The summed E-state index contributed by atoms with van der Waals surface area (Å²) in [6.07, 6.45) is 0.377. The third-order valence-corrected chi connectivity index (χ3v) is 4.08. The van der Waals surface area contributed by atoms with Crippen LogP contribution >= 0.6 is 50.7 Å². The zero-order valence-corrected chi connectivity index (χ0v) is 12.6. The predicted molar refractivity (Wildman–Crippen MR) is 74.0 cm³/mol. The first-order chi connectivity index (χ1) is 8.47. The molecule has 1 heterocycles. The number of hydrogen-bond donors (Lipinski definition) is 0. The molecule has 0 bridgehead atoms. The van der Waals surface area contributed by atoms with E-state index in [2.05, 4.69) is 25.9 Å². The van der Waals surface area contributed by atoms with Gasteiger partial charge in [0, 0.05) is 11.4 Å². The fraction of sp³-hybridized carbons (Fsp3) is 0.0909. The van der Waals surface area contributed by atoms with Gasteiger partial charge in [0.1, 0.15) is 11.0 Å². The van der Waals surface area contributed by atoms with E-state index in [1.807, 2.05) is 0 Å². The van der Waals surface area contributed by atoms with Crippen molar-refractivity contribution < 1.29 is 4.39 Å². The first kappa shape index (κ1) is 14.0. The highest BCUT2D eigenvalue weighted by atomic mass is 79.9. The first-order valence-corrected chi connectivity index (χ1v) is 6.71. The Kier molecular flexibility index (Phi) is 4.43. The van der Waals surface area contributed by atoms with Crippen LogP contribution in [0.25, 0.3) is 0 Å². The van der Waals surface area contributed by atoms with Gasteiger partial charge in [-0.15, -0.1) is 0 Å². The third-order valence-electron chi connectivity index (χ3n) is 2.23. The average molecular weight is 370 g/mol. The molecule has 0 radical (unpaired) electrons. The zero-order chi connectivity index (χ0) is 13.3. The first-order valence-electron chi connectivity index (χ1n) is 4.78. The van der Waals surface area contributed by atoms with E-state index >= 15 is 0 Å². The minimum atomic E-state index is -0.387. The molecule has 0 fully saturated rings. The Labute approximate surface area is 126 Å².